The van der Waals surface area contributed by atoms with Gasteiger partial charge in [0, 0.05) is 31.9 Å². The fourth-order valence-electron chi connectivity index (χ4n) is 9.10. The lowest BCUT2D eigenvalue weighted by Gasteiger charge is -2.32. The van der Waals surface area contributed by atoms with Gasteiger partial charge in [0.15, 0.2) is 5.78 Å². The highest BCUT2D eigenvalue weighted by Crippen LogP contribution is 2.28. The van der Waals surface area contributed by atoms with Gasteiger partial charge in [-0.3, -0.25) is 28.8 Å². The van der Waals surface area contributed by atoms with Crippen molar-refractivity contribution in [3.8, 4) is 0 Å². The smallest absolute Gasteiger partial charge is 0.248 e. The number of nitrogens with one attached hydrogen (secondary N) is 5. The molecule has 2 saturated heterocycles. The van der Waals surface area contributed by atoms with E-state index in [-0.39, 0.29) is 72.1 Å². The topological polar surface area (TPSA) is 230 Å². The number of likely N-dealkylation sites (tertiary alicyclic amines) is 2. The number of likely N-dealkylation sites (N-methyl/N-ethyl adjacent to an activating group) is 2. The molecule has 10 atom stereocenters. The Kier molecular flexibility index (Phi) is 22.1. The molecule has 4 aromatic rings. The van der Waals surface area contributed by atoms with Gasteiger partial charge in [-0.25, -0.2) is 9.36 Å². The number of carbonyl (C=O) groups is 6. The minimum atomic E-state index is -1.04. The third kappa shape index (κ3) is 14.7. The highest BCUT2D eigenvalue weighted by atomic mass is 35.5. The number of halogens is 2. The van der Waals surface area contributed by atoms with Crippen molar-refractivity contribution >= 4 is 60.1 Å². The van der Waals surface area contributed by atoms with E-state index in [1.54, 1.807) is 73.3 Å². The van der Waals surface area contributed by atoms with Crippen LogP contribution in [0.25, 0.3) is 0 Å². The predicted octanol–water partition coefficient (Wildman–Crippen LogP) is 3.82. The van der Waals surface area contributed by atoms with E-state index in [0.29, 0.717) is 75.8 Å². The molecule has 0 radical (unpaired) electrons. The van der Waals surface area contributed by atoms with E-state index in [4.69, 9.17) is 0 Å². The van der Waals surface area contributed by atoms with Crippen molar-refractivity contribution in [2.24, 2.45) is 0 Å². The quantitative estimate of drug-likeness (QED) is 0.0715. The van der Waals surface area contributed by atoms with Crippen molar-refractivity contribution in [2.75, 3.05) is 27.2 Å². The number of aromatic nitrogens is 6. The number of hydrogen-bond acceptors (Lipinski definition) is 12. The van der Waals surface area contributed by atoms with Gasteiger partial charge in [-0.05, 0) is 111 Å². The molecular weight excluding hydrogens is 950 g/mol. The van der Waals surface area contributed by atoms with Crippen LogP contribution in [0.5, 0.6) is 0 Å². The molecule has 388 valence electrons. The molecule has 0 aliphatic carbocycles. The van der Waals surface area contributed by atoms with Gasteiger partial charge in [-0.15, -0.1) is 35.0 Å². The maximum Gasteiger partial charge on any atom is 0.248 e. The molecule has 2 fully saturated rings. The third-order valence-electron chi connectivity index (χ3n) is 13.8. The highest BCUT2D eigenvalue weighted by molar-refractivity contribution is 5.95. The van der Waals surface area contributed by atoms with Crippen molar-refractivity contribution < 1.29 is 28.8 Å². The van der Waals surface area contributed by atoms with Crippen molar-refractivity contribution in [3.05, 3.63) is 95.6 Å². The maximum absolute atomic E-state index is 14.4. The molecule has 2 aromatic carbocycles. The number of carbonyl (C=O) groups excluding carboxylic acids is 6. The normalized spacial score (nSPS) is 18.9. The summed E-state index contributed by atoms with van der Waals surface area (Å²) in [4.78, 5) is 85.9. The molecule has 2 aliphatic heterocycles. The number of Topliss-reactive ketones (excluding diaryl/α,β-unsaturated/α-hetero) is 1. The molecule has 19 nitrogen and oxygen atoms in total. The summed E-state index contributed by atoms with van der Waals surface area (Å²) in [5.41, 5.74) is 3.35. The molecule has 0 unspecified atom stereocenters. The Morgan fingerprint density at radius 2 is 1.04 bits per heavy atom. The molecule has 5 amide bonds. The fraction of sp³-hybridized carbons (Fsp3) is 0.560. The molecule has 0 bridgehead atoms. The maximum atomic E-state index is 14.4. The Bertz CT molecular complexity index is 2210. The summed E-state index contributed by atoms with van der Waals surface area (Å²) in [6, 6.07) is 13.5. The molecular formula is C50H73Cl2N13O6. The molecule has 2 aromatic heterocycles. The van der Waals surface area contributed by atoms with E-state index >= 15 is 0 Å². The van der Waals surface area contributed by atoms with Crippen LogP contribution in [0, 0.1) is 0 Å². The lowest BCUT2D eigenvalue weighted by molar-refractivity contribution is -0.142. The molecule has 4 heterocycles. The number of aryl methyl sites for hydroxylation is 2. The number of amides is 5. The van der Waals surface area contributed by atoms with Crippen molar-refractivity contribution in [3.63, 3.8) is 0 Å². The van der Waals surface area contributed by atoms with E-state index in [9.17, 15) is 28.8 Å². The first-order valence-corrected chi connectivity index (χ1v) is 24.4. The van der Waals surface area contributed by atoms with E-state index in [1.807, 2.05) is 74.5 Å². The number of rotatable bonds is 23. The summed E-state index contributed by atoms with van der Waals surface area (Å²) < 4.78 is 3.16. The van der Waals surface area contributed by atoms with Crippen LogP contribution in [0.2, 0.25) is 0 Å². The second-order valence-electron chi connectivity index (χ2n) is 18.7. The minimum absolute atomic E-state index is 0. The summed E-state index contributed by atoms with van der Waals surface area (Å²) in [7, 11) is 3.34. The van der Waals surface area contributed by atoms with Gasteiger partial charge in [0.25, 0.3) is 0 Å². The van der Waals surface area contributed by atoms with E-state index in [0.717, 1.165) is 11.1 Å². The standard InChI is InChI=1S/C50H71N13O6.2ClH/c1-31(37-18-11-9-12-19-37)28-43(64)41-24-16-26-60(41)49(68)44(54-46(65)33(3)51-7)35(5)62-29-39(56-58-62)22-15-23-40-30-63(59-57-40)36(6)45(55-47(66)34(4)52-8)50(69)61-27-17-25-42(61)48(67)53-32(2)38-20-13-10-14-21-38;;/h9-14,18-21,29-36,41-42,44-45,51-52H,15-17,22-28H2,1-8H3,(H,53,67)(H,54,65)(H,55,66);2*1H/t31-,32+,33-,34-,35-,36-,41-,42-,44-,45-;;/m0../s1. The molecule has 0 saturated carbocycles. The molecule has 21 heteroatoms. The van der Waals surface area contributed by atoms with Gasteiger partial charge < -0.3 is 36.4 Å². The Hall–Kier alpha value is -5.76. The first-order chi connectivity index (χ1) is 33.1. The Labute approximate surface area is 429 Å². The first-order valence-electron chi connectivity index (χ1n) is 24.4. The van der Waals surface area contributed by atoms with Crippen LogP contribution in [0.1, 0.15) is 127 Å². The fourth-order valence-corrected chi connectivity index (χ4v) is 9.10. The zero-order valence-corrected chi connectivity index (χ0v) is 43.7. The largest absolute Gasteiger partial charge is 0.348 e. The van der Waals surface area contributed by atoms with Gasteiger partial charge in [0.05, 0.1) is 47.6 Å². The molecule has 0 spiro atoms. The van der Waals surface area contributed by atoms with Gasteiger partial charge >= 0.3 is 0 Å². The van der Waals surface area contributed by atoms with Crippen LogP contribution in [0.15, 0.2) is 73.1 Å². The number of nitrogens with zero attached hydrogens (tertiary/aromatic N) is 8. The number of hydrogen-bond donors (Lipinski definition) is 5. The summed E-state index contributed by atoms with van der Waals surface area (Å²) in [6.45, 7) is 11.7. The minimum Gasteiger partial charge on any atom is -0.348 e. The molecule has 5 N–H and O–H groups in total. The second-order valence-corrected chi connectivity index (χ2v) is 18.7. The number of benzene rings is 2. The second kappa shape index (κ2) is 27.2. The van der Waals surface area contributed by atoms with Crippen LogP contribution in [-0.4, -0.2) is 139 Å². The third-order valence-corrected chi connectivity index (χ3v) is 13.8. The summed E-state index contributed by atoms with van der Waals surface area (Å²) in [5, 5.41) is 32.4. The van der Waals surface area contributed by atoms with Crippen LogP contribution in [0.4, 0.5) is 0 Å². The molecule has 6 rings (SSSR count). The van der Waals surface area contributed by atoms with Gasteiger partial charge in [0.1, 0.15) is 18.1 Å². The van der Waals surface area contributed by atoms with Gasteiger partial charge in [-0.1, -0.05) is 78.0 Å². The zero-order valence-electron chi connectivity index (χ0n) is 42.1. The van der Waals surface area contributed by atoms with Crippen molar-refractivity contribution in [1.82, 2.24) is 66.4 Å². The van der Waals surface area contributed by atoms with Crippen LogP contribution >= 0.6 is 24.8 Å². The van der Waals surface area contributed by atoms with Crippen LogP contribution < -0.4 is 26.6 Å². The summed E-state index contributed by atoms with van der Waals surface area (Å²) in [6.07, 6.45) is 7.86. The first kappa shape index (κ1) is 57.8. The van der Waals surface area contributed by atoms with Crippen molar-refractivity contribution in [1.29, 1.82) is 0 Å². The van der Waals surface area contributed by atoms with Crippen molar-refractivity contribution in [2.45, 2.75) is 153 Å². The summed E-state index contributed by atoms with van der Waals surface area (Å²) in [5.74, 6) is -1.69. The van der Waals surface area contributed by atoms with Crippen LogP contribution in [-0.2, 0) is 41.6 Å². The molecule has 71 heavy (non-hydrogen) atoms. The molecule has 2 aliphatic rings. The zero-order chi connectivity index (χ0) is 49.8. The van der Waals surface area contributed by atoms with E-state index < -0.39 is 48.3 Å². The van der Waals surface area contributed by atoms with Gasteiger partial charge in [-0.2, -0.15) is 0 Å². The van der Waals surface area contributed by atoms with Crippen LogP contribution in [0.3, 0.4) is 0 Å². The van der Waals surface area contributed by atoms with Gasteiger partial charge in [0.2, 0.25) is 29.5 Å². The SMILES string of the molecule is CN[C@@H](C)C(=O)N[C@H](C(=O)N1CCC[C@H]1C(=O)C[C@H](C)c1ccccc1)[C@H](C)n1cc(CCCc2cn([C@@H](C)[C@H](NC(=O)[C@H](C)NC)C(=O)N3CCC[C@H]3C(=O)N[C@H](C)c3ccccc3)nn2)nn1.Cl.Cl. The Morgan fingerprint density at radius 1 is 0.606 bits per heavy atom. The summed E-state index contributed by atoms with van der Waals surface area (Å²) >= 11 is 0. The lowest BCUT2D eigenvalue weighted by atomic mass is 9.92. The lowest BCUT2D eigenvalue weighted by Crippen LogP contribution is -2.57. The average molecular weight is 1020 g/mol. The van der Waals surface area contributed by atoms with E-state index in [1.165, 1.54) is 0 Å². The van der Waals surface area contributed by atoms with E-state index in [2.05, 4.69) is 47.2 Å². The average Bonchev–Trinajstić information content (AvgIpc) is 4.22. The Balaban J connectivity index is 0.00000548. The Morgan fingerprint density at radius 3 is 1.51 bits per heavy atom. The highest BCUT2D eigenvalue weighted by Gasteiger charge is 2.42. The predicted molar refractivity (Wildman–Crippen MR) is 274 cm³/mol. The number of ketones is 1. The monoisotopic (exact) mass is 1020 g/mol.